The fraction of sp³-hybridized carbons (Fsp3) is 0.500. The van der Waals surface area contributed by atoms with Gasteiger partial charge in [0, 0.05) is 19.0 Å². The minimum Gasteiger partial charge on any atom is -0.494 e. The largest absolute Gasteiger partial charge is 0.494 e. The van der Waals surface area contributed by atoms with Crippen LogP contribution in [0.1, 0.15) is 25.7 Å². The van der Waals surface area contributed by atoms with Crippen LogP contribution in [0.15, 0.2) is 18.2 Å². The maximum atomic E-state index is 11.9. The minimum atomic E-state index is -3.29. The van der Waals surface area contributed by atoms with Gasteiger partial charge in [0.25, 0.3) is 0 Å². The van der Waals surface area contributed by atoms with Gasteiger partial charge >= 0.3 is 0 Å². The van der Waals surface area contributed by atoms with E-state index < -0.39 is 10.0 Å². The molecule has 1 heterocycles. The number of anilines is 2. The number of ether oxygens (including phenoxy) is 1. The molecule has 114 valence electrons. The van der Waals surface area contributed by atoms with Crippen LogP contribution in [0.4, 0.5) is 11.4 Å². The van der Waals surface area contributed by atoms with Gasteiger partial charge in [0.05, 0.1) is 23.7 Å². The molecule has 1 aliphatic carbocycles. The summed E-state index contributed by atoms with van der Waals surface area (Å²) < 4.78 is 31.8. The van der Waals surface area contributed by atoms with Crippen molar-refractivity contribution >= 4 is 27.3 Å². The fourth-order valence-corrected chi connectivity index (χ4v) is 3.87. The molecule has 1 aliphatic heterocycles. The molecule has 2 aliphatic rings. The first-order valence-electron chi connectivity index (χ1n) is 7.01. The van der Waals surface area contributed by atoms with E-state index in [1.165, 1.54) is 7.11 Å². The number of carbonyl (C=O) groups is 1. The minimum absolute atomic E-state index is 0.0691. The van der Waals surface area contributed by atoms with Crippen molar-refractivity contribution in [2.45, 2.75) is 30.9 Å². The molecule has 6 nitrogen and oxygen atoms in total. The van der Waals surface area contributed by atoms with Crippen LogP contribution >= 0.6 is 0 Å². The van der Waals surface area contributed by atoms with Gasteiger partial charge in [-0.25, -0.2) is 8.42 Å². The third-order valence-electron chi connectivity index (χ3n) is 3.77. The van der Waals surface area contributed by atoms with E-state index in [0.29, 0.717) is 42.9 Å². The zero-order valence-electron chi connectivity index (χ0n) is 11.8. The second-order valence-corrected chi connectivity index (χ2v) is 7.34. The van der Waals surface area contributed by atoms with Gasteiger partial charge in [0.2, 0.25) is 15.9 Å². The molecule has 0 unspecified atom stereocenters. The Balaban J connectivity index is 1.86. The molecule has 1 N–H and O–H groups in total. The van der Waals surface area contributed by atoms with E-state index in [2.05, 4.69) is 4.72 Å². The van der Waals surface area contributed by atoms with Gasteiger partial charge in [0.15, 0.2) is 0 Å². The second kappa shape index (κ2) is 5.22. The van der Waals surface area contributed by atoms with Crippen LogP contribution in [0.3, 0.4) is 0 Å². The molecule has 0 radical (unpaired) electrons. The van der Waals surface area contributed by atoms with Crippen LogP contribution < -0.4 is 14.4 Å². The number of carbonyl (C=O) groups excluding carboxylic acids is 1. The Morgan fingerprint density at radius 1 is 1.33 bits per heavy atom. The Morgan fingerprint density at radius 3 is 2.67 bits per heavy atom. The first-order valence-corrected chi connectivity index (χ1v) is 8.56. The molecule has 1 amide bonds. The van der Waals surface area contributed by atoms with E-state index in [-0.39, 0.29) is 11.2 Å². The van der Waals surface area contributed by atoms with E-state index in [1.807, 2.05) is 0 Å². The number of benzene rings is 1. The second-order valence-electron chi connectivity index (χ2n) is 5.38. The van der Waals surface area contributed by atoms with Crippen molar-refractivity contribution in [2.75, 3.05) is 23.3 Å². The normalized spacial score (nSPS) is 18.9. The van der Waals surface area contributed by atoms with Crippen molar-refractivity contribution in [3.8, 4) is 5.75 Å². The smallest absolute Gasteiger partial charge is 0.235 e. The molecule has 21 heavy (non-hydrogen) atoms. The van der Waals surface area contributed by atoms with Crippen molar-refractivity contribution < 1.29 is 17.9 Å². The van der Waals surface area contributed by atoms with Crippen LogP contribution in [0.25, 0.3) is 0 Å². The highest BCUT2D eigenvalue weighted by atomic mass is 32.2. The van der Waals surface area contributed by atoms with Crippen LogP contribution in [0.2, 0.25) is 0 Å². The monoisotopic (exact) mass is 310 g/mol. The lowest BCUT2D eigenvalue weighted by atomic mass is 10.2. The number of amides is 1. The van der Waals surface area contributed by atoms with Gasteiger partial charge in [-0.2, -0.15) is 0 Å². The van der Waals surface area contributed by atoms with Crippen molar-refractivity contribution in [3.05, 3.63) is 18.2 Å². The van der Waals surface area contributed by atoms with Crippen molar-refractivity contribution in [1.82, 2.24) is 0 Å². The zero-order chi connectivity index (χ0) is 15.0. The standard InChI is InChI=1S/C14H18N2O4S/c1-20-13-9-10(15-21(18,19)11-5-6-11)4-7-12(13)16-8-2-3-14(16)17/h4,7,9,11,15H,2-3,5-6,8H2,1H3. The zero-order valence-corrected chi connectivity index (χ0v) is 12.6. The Kier molecular flexibility index (Phi) is 3.52. The maximum Gasteiger partial charge on any atom is 0.235 e. The number of hydrogen-bond donors (Lipinski definition) is 1. The van der Waals surface area contributed by atoms with E-state index >= 15 is 0 Å². The van der Waals surface area contributed by atoms with Gasteiger partial charge in [-0.1, -0.05) is 0 Å². The molecule has 3 rings (SSSR count). The average molecular weight is 310 g/mol. The Hall–Kier alpha value is -1.76. The molecular formula is C14H18N2O4S. The van der Waals surface area contributed by atoms with Crippen molar-refractivity contribution in [2.24, 2.45) is 0 Å². The molecule has 0 aromatic heterocycles. The number of hydrogen-bond acceptors (Lipinski definition) is 4. The SMILES string of the molecule is COc1cc(NS(=O)(=O)C2CC2)ccc1N1CCCC1=O. The number of rotatable bonds is 5. The van der Waals surface area contributed by atoms with Gasteiger partial charge in [-0.15, -0.1) is 0 Å². The highest BCUT2D eigenvalue weighted by Crippen LogP contribution is 2.35. The Labute approximate surface area is 124 Å². The van der Waals surface area contributed by atoms with Gasteiger partial charge < -0.3 is 9.64 Å². The van der Waals surface area contributed by atoms with Crippen LogP contribution in [0.5, 0.6) is 5.75 Å². The summed E-state index contributed by atoms with van der Waals surface area (Å²) in [5.74, 6) is 0.570. The number of methoxy groups -OCH3 is 1. The highest BCUT2D eigenvalue weighted by Gasteiger charge is 2.36. The van der Waals surface area contributed by atoms with Crippen molar-refractivity contribution in [1.29, 1.82) is 0 Å². The molecule has 1 aromatic rings. The van der Waals surface area contributed by atoms with Gasteiger partial charge in [-0.3, -0.25) is 9.52 Å². The molecule has 0 spiro atoms. The summed E-state index contributed by atoms with van der Waals surface area (Å²) in [6, 6.07) is 5.02. The van der Waals surface area contributed by atoms with E-state index in [4.69, 9.17) is 4.74 Å². The molecule has 7 heteroatoms. The summed E-state index contributed by atoms with van der Waals surface area (Å²) >= 11 is 0. The van der Waals surface area contributed by atoms with E-state index in [9.17, 15) is 13.2 Å². The Morgan fingerprint density at radius 2 is 2.10 bits per heavy atom. The summed E-state index contributed by atoms with van der Waals surface area (Å²) in [5.41, 5.74) is 1.16. The molecule has 0 atom stereocenters. The molecule has 1 saturated carbocycles. The van der Waals surface area contributed by atoms with Crippen LogP contribution in [-0.4, -0.2) is 33.2 Å². The summed E-state index contributed by atoms with van der Waals surface area (Å²) in [6.45, 7) is 0.669. The number of nitrogens with one attached hydrogen (secondary N) is 1. The van der Waals surface area contributed by atoms with E-state index in [1.54, 1.807) is 23.1 Å². The fourth-order valence-electron chi connectivity index (χ4n) is 2.49. The summed E-state index contributed by atoms with van der Waals surface area (Å²) in [6.07, 6.45) is 2.80. The third-order valence-corrected chi connectivity index (χ3v) is 5.64. The first kappa shape index (κ1) is 14.2. The summed E-state index contributed by atoms with van der Waals surface area (Å²) in [7, 11) is -1.78. The molecule has 2 fully saturated rings. The van der Waals surface area contributed by atoms with Gasteiger partial charge in [-0.05, 0) is 31.4 Å². The predicted molar refractivity (Wildman–Crippen MR) is 80.1 cm³/mol. The molecule has 1 saturated heterocycles. The lowest BCUT2D eigenvalue weighted by Gasteiger charge is -2.19. The van der Waals surface area contributed by atoms with E-state index in [0.717, 1.165) is 6.42 Å². The topological polar surface area (TPSA) is 75.7 Å². The van der Waals surface area contributed by atoms with Crippen molar-refractivity contribution in [3.63, 3.8) is 0 Å². The Bertz CT molecular complexity index is 668. The molecule has 0 bridgehead atoms. The van der Waals surface area contributed by atoms with Gasteiger partial charge in [0.1, 0.15) is 5.75 Å². The quantitative estimate of drug-likeness (QED) is 0.898. The third kappa shape index (κ3) is 2.83. The number of nitrogens with zero attached hydrogens (tertiary/aromatic N) is 1. The average Bonchev–Trinajstić information content (AvgIpc) is 3.23. The van der Waals surface area contributed by atoms with Crippen LogP contribution in [-0.2, 0) is 14.8 Å². The maximum absolute atomic E-state index is 11.9. The highest BCUT2D eigenvalue weighted by molar-refractivity contribution is 7.93. The number of sulfonamides is 1. The summed E-state index contributed by atoms with van der Waals surface area (Å²) in [5, 5.41) is -0.275. The van der Waals surface area contributed by atoms with Crippen LogP contribution in [0, 0.1) is 0 Å². The lowest BCUT2D eigenvalue weighted by Crippen LogP contribution is -2.24. The first-order chi connectivity index (χ1) is 10.0. The predicted octanol–water partition coefficient (Wildman–Crippen LogP) is 1.73. The molecular weight excluding hydrogens is 292 g/mol. The molecule has 1 aromatic carbocycles. The summed E-state index contributed by atoms with van der Waals surface area (Å²) in [4.78, 5) is 13.5. The lowest BCUT2D eigenvalue weighted by molar-refractivity contribution is -0.117.